The van der Waals surface area contributed by atoms with Crippen molar-refractivity contribution in [2.24, 2.45) is 16.4 Å². The van der Waals surface area contributed by atoms with Gasteiger partial charge in [0, 0.05) is 21.1 Å². The number of amides is 2. The maximum absolute atomic E-state index is 12.9. The lowest BCUT2D eigenvalue weighted by Crippen LogP contribution is -2.40. The Morgan fingerprint density at radius 1 is 1.07 bits per heavy atom. The molecule has 3 rings (SSSR count). The van der Waals surface area contributed by atoms with Gasteiger partial charge < -0.3 is 5.32 Å². The number of nitrogens with one attached hydrogen (secondary N) is 1. The highest BCUT2D eigenvalue weighted by atomic mass is 35.5. The van der Waals surface area contributed by atoms with Crippen LogP contribution in [0.2, 0.25) is 10.0 Å². The van der Waals surface area contributed by atoms with Crippen molar-refractivity contribution in [3.05, 3.63) is 64.1 Å². The molecule has 1 atom stereocenters. The molecule has 0 aromatic heterocycles. The van der Waals surface area contributed by atoms with E-state index in [0.717, 1.165) is 24.1 Å². The highest BCUT2D eigenvalue weighted by Crippen LogP contribution is 2.41. The van der Waals surface area contributed by atoms with Gasteiger partial charge in [-0.15, -0.1) is 0 Å². The number of benzene rings is 2. The summed E-state index contributed by atoms with van der Waals surface area (Å²) in [5.41, 5.74) is 2.40. The van der Waals surface area contributed by atoms with Gasteiger partial charge in [0.15, 0.2) is 0 Å². The van der Waals surface area contributed by atoms with E-state index in [1.165, 1.54) is 5.01 Å². The predicted octanol–water partition coefficient (Wildman–Crippen LogP) is 6.69. The number of carbonyl (C=O) groups excluding carboxylic acids is 1. The quantitative estimate of drug-likeness (QED) is 0.578. The number of halogens is 2. The van der Waals surface area contributed by atoms with Gasteiger partial charge in [-0.2, -0.15) is 5.10 Å². The molecule has 0 aliphatic carbocycles. The molecule has 2 aromatic rings. The summed E-state index contributed by atoms with van der Waals surface area (Å²) in [6.07, 6.45) is 2.04. The Morgan fingerprint density at radius 2 is 1.61 bits per heavy atom. The first-order valence-corrected chi connectivity index (χ1v) is 10.3. The third-order valence-corrected chi connectivity index (χ3v) is 6.08. The molecule has 0 bridgehead atoms. The summed E-state index contributed by atoms with van der Waals surface area (Å²) in [7, 11) is 0. The van der Waals surface area contributed by atoms with Crippen molar-refractivity contribution in [3.8, 4) is 0 Å². The van der Waals surface area contributed by atoms with Crippen LogP contribution in [0.5, 0.6) is 0 Å². The summed E-state index contributed by atoms with van der Waals surface area (Å²) in [6, 6.07) is 14.5. The zero-order chi connectivity index (χ0) is 20.3. The van der Waals surface area contributed by atoms with Crippen molar-refractivity contribution in [1.82, 2.24) is 5.01 Å². The topological polar surface area (TPSA) is 44.7 Å². The molecule has 0 saturated heterocycles. The fourth-order valence-corrected chi connectivity index (χ4v) is 4.25. The number of anilines is 1. The Balaban J connectivity index is 1.91. The molecule has 1 heterocycles. The molecule has 1 aliphatic heterocycles. The average Bonchev–Trinajstić information content (AvgIpc) is 3.04. The van der Waals surface area contributed by atoms with Crippen LogP contribution in [0.4, 0.5) is 10.5 Å². The van der Waals surface area contributed by atoms with Crippen molar-refractivity contribution in [2.75, 3.05) is 11.9 Å². The maximum atomic E-state index is 12.9. The van der Waals surface area contributed by atoms with Gasteiger partial charge in [0.25, 0.3) is 0 Å². The summed E-state index contributed by atoms with van der Waals surface area (Å²) < 4.78 is 0. The lowest BCUT2D eigenvalue weighted by Gasteiger charge is -2.34. The van der Waals surface area contributed by atoms with Crippen molar-refractivity contribution in [3.63, 3.8) is 0 Å². The van der Waals surface area contributed by atoms with E-state index in [1.54, 1.807) is 24.3 Å². The van der Waals surface area contributed by atoms with Crippen LogP contribution in [0.1, 0.15) is 39.2 Å². The van der Waals surface area contributed by atoms with Gasteiger partial charge in [-0.1, -0.05) is 68.9 Å². The summed E-state index contributed by atoms with van der Waals surface area (Å²) in [5.74, 6) is 0.412. The van der Waals surface area contributed by atoms with Gasteiger partial charge in [-0.3, -0.25) is 0 Å². The zero-order valence-electron chi connectivity index (χ0n) is 16.4. The predicted molar refractivity (Wildman–Crippen MR) is 117 cm³/mol. The summed E-state index contributed by atoms with van der Waals surface area (Å²) in [5, 5.41) is 10.5. The summed E-state index contributed by atoms with van der Waals surface area (Å²) >= 11 is 12.0. The molecule has 6 heteroatoms. The second-order valence-corrected chi connectivity index (χ2v) is 8.25. The molecule has 1 N–H and O–H groups in total. The molecule has 0 saturated carbocycles. The first-order valence-electron chi connectivity index (χ1n) is 9.56. The molecule has 0 spiro atoms. The second-order valence-electron chi connectivity index (χ2n) is 7.38. The van der Waals surface area contributed by atoms with Crippen LogP contribution in [0.3, 0.4) is 0 Å². The number of carbonyl (C=O) groups is 1. The maximum Gasteiger partial charge on any atom is 0.342 e. The van der Waals surface area contributed by atoms with E-state index < -0.39 is 0 Å². The number of nitrogens with zero attached hydrogens (tertiary/aromatic N) is 2. The van der Waals surface area contributed by atoms with Crippen LogP contribution >= 0.6 is 23.2 Å². The molecular weight excluding hydrogens is 393 g/mol. The van der Waals surface area contributed by atoms with Crippen LogP contribution in [0, 0.1) is 11.3 Å². The molecule has 0 fully saturated rings. The van der Waals surface area contributed by atoms with E-state index in [9.17, 15) is 4.79 Å². The van der Waals surface area contributed by atoms with Crippen molar-refractivity contribution < 1.29 is 4.79 Å². The van der Waals surface area contributed by atoms with E-state index in [1.807, 2.05) is 24.3 Å². The lowest BCUT2D eigenvalue weighted by atomic mass is 9.69. The van der Waals surface area contributed by atoms with Crippen LogP contribution in [-0.2, 0) is 0 Å². The van der Waals surface area contributed by atoms with Crippen LogP contribution in [0.25, 0.3) is 0 Å². The Morgan fingerprint density at radius 3 is 2.14 bits per heavy atom. The zero-order valence-corrected chi connectivity index (χ0v) is 17.9. The first kappa shape index (κ1) is 20.7. The second kappa shape index (κ2) is 8.54. The van der Waals surface area contributed by atoms with Crippen molar-refractivity contribution in [1.29, 1.82) is 0 Å². The Hall–Kier alpha value is -2.04. The number of hydrazone groups is 1. The van der Waals surface area contributed by atoms with Crippen LogP contribution in [-0.4, -0.2) is 23.3 Å². The number of hydrogen-bond donors (Lipinski definition) is 1. The largest absolute Gasteiger partial charge is 0.342 e. The third kappa shape index (κ3) is 4.18. The fraction of sp³-hybridized carbons (Fsp3) is 0.364. The Labute approximate surface area is 176 Å². The highest BCUT2D eigenvalue weighted by molar-refractivity contribution is 6.31. The molecule has 0 radical (unpaired) electrons. The van der Waals surface area contributed by atoms with E-state index in [2.05, 4.69) is 26.1 Å². The van der Waals surface area contributed by atoms with Gasteiger partial charge in [0.05, 0.1) is 12.3 Å². The van der Waals surface area contributed by atoms with Gasteiger partial charge in [0.1, 0.15) is 0 Å². The van der Waals surface area contributed by atoms with Crippen LogP contribution < -0.4 is 5.32 Å². The van der Waals surface area contributed by atoms with E-state index >= 15 is 0 Å². The Bertz CT molecular complexity index is 860. The van der Waals surface area contributed by atoms with Gasteiger partial charge in [0.2, 0.25) is 0 Å². The standard InChI is InChI=1S/C22H25Cl2N3O/c1-4-16(5-2)22(3)14-27(21(28)25-19-12-10-18(24)11-13-19)26-20(22)15-6-8-17(23)9-7-15/h6-13,16H,4-5,14H2,1-3H3,(H,25,28). The lowest BCUT2D eigenvalue weighted by molar-refractivity contribution is 0.186. The van der Waals surface area contributed by atoms with Gasteiger partial charge in [-0.05, 0) is 47.9 Å². The molecule has 2 aromatic carbocycles. The third-order valence-electron chi connectivity index (χ3n) is 5.57. The number of urea groups is 1. The fourth-order valence-electron chi connectivity index (χ4n) is 4.00. The number of hydrogen-bond acceptors (Lipinski definition) is 2. The monoisotopic (exact) mass is 417 g/mol. The molecule has 148 valence electrons. The minimum atomic E-state index is -0.247. The van der Waals surface area contributed by atoms with Crippen molar-refractivity contribution in [2.45, 2.75) is 33.6 Å². The van der Waals surface area contributed by atoms with Gasteiger partial charge >= 0.3 is 6.03 Å². The minimum absolute atomic E-state index is 0.228. The normalized spacial score (nSPS) is 19.1. The van der Waals surface area contributed by atoms with E-state index in [4.69, 9.17) is 28.3 Å². The summed E-state index contributed by atoms with van der Waals surface area (Å²) in [6.45, 7) is 7.12. The minimum Gasteiger partial charge on any atom is -0.306 e. The average molecular weight is 418 g/mol. The highest BCUT2D eigenvalue weighted by Gasteiger charge is 2.45. The molecule has 1 aliphatic rings. The number of rotatable bonds is 5. The molecule has 1 unspecified atom stereocenters. The molecule has 2 amide bonds. The van der Waals surface area contributed by atoms with E-state index in [0.29, 0.717) is 28.2 Å². The molecular formula is C22H25Cl2N3O. The molecule has 4 nitrogen and oxygen atoms in total. The summed E-state index contributed by atoms with van der Waals surface area (Å²) in [4.78, 5) is 12.9. The van der Waals surface area contributed by atoms with Crippen LogP contribution in [0.15, 0.2) is 53.6 Å². The molecule has 28 heavy (non-hydrogen) atoms. The smallest absolute Gasteiger partial charge is 0.306 e. The Kier molecular flexibility index (Phi) is 6.31. The first-order chi connectivity index (χ1) is 13.4. The van der Waals surface area contributed by atoms with Gasteiger partial charge in [-0.25, -0.2) is 9.80 Å². The van der Waals surface area contributed by atoms with Crippen molar-refractivity contribution >= 4 is 40.6 Å². The van der Waals surface area contributed by atoms with E-state index in [-0.39, 0.29) is 11.4 Å². The SMILES string of the molecule is CCC(CC)C1(C)CN(C(=O)Nc2ccc(Cl)cc2)N=C1c1ccc(Cl)cc1.